The average molecular weight is 397 g/mol. The van der Waals surface area contributed by atoms with Gasteiger partial charge in [-0.25, -0.2) is 0 Å². The van der Waals surface area contributed by atoms with Crippen molar-refractivity contribution in [2.45, 2.75) is 13.5 Å². The fraction of sp³-hybridized carbons (Fsp3) is 0.0769. The Labute approximate surface area is 174 Å². The second kappa shape index (κ2) is 8.94. The van der Waals surface area contributed by atoms with E-state index in [0.717, 1.165) is 23.2 Å². The lowest BCUT2D eigenvalue weighted by Gasteiger charge is -2.27. The van der Waals surface area contributed by atoms with E-state index in [0.29, 0.717) is 14.3 Å². The number of rotatable bonds is 6. The van der Waals surface area contributed by atoms with Crippen molar-refractivity contribution in [1.29, 1.82) is 0 Å². The van der Waals surface area contributed by atoms with Crippen molar-refractivity contribution in [3.63, 3.8) is 0 Å². The van der Waals surface area contributed by atoms with Gasteiger partial charge in [0, 0.05) is 23.2 Å². The second-order valence-electron chi connectivity index (χ2n) is 7.01. The van der Waals surface area contributed by atoms with Gasteiger partial charge in [-0.1, -0.05) is 81.4 Å². The normalized spacial score (nSPS) is 11.1. The molecule has 4 rings (SSSR count). The highest BCUT2D eigenvalue weighted by Gasteiger charge is 2.15. The second-order valence-corrected chi connectivity index (χ2v) is 8.30. The van der Waals surface area contributed by atoms with E-state index >= 15 is 0 Å². The van der Waals surface area contributed by atoms with Crippen LogP contribution in [0.15, 0.2) is 103 Å². The average Bonchev–Trinajstić information content (AvgIpc) is 2.76. The standard InChI is InChI=1S/C26H24NOP/c1-20-11-10-12-21(26(20)29-25-18-9-8-17-24(25)28)19-27(22-13-4-2-5-14-22)23-15-6-3-7-16-23/h2-18,28-29H,19H2,1H3. The molecule has 144 valence electrons. The largest absolute Gasteiger partial charge is 0.507 e. The van der Waals surface area contributed by atoms with Crippen molar-refractivity contribution in [2.24, 2.45) is 0 Å². The smallest absolute Gasteiger partial charge is 0.123 e. The number of phenols is 1. The molecule has 4 aromatic carbocycles. The maximum Gasteiger partial charge on any atom is 0.123 e. The van der Waals surface area contributed by atoms with Crippen LogP contribution in [0.1, 0.15) is 11.1 Å². The Hall–Kier alpha value is -3.09. The van der Waals surface area contributed by atoms with E-state index in [4.69, 9.17) is 0 Å². The highest BCUT2D eigenvalue weighted by Crippen LogP contribution is 2.29. The van der Waals surface area contributed by atoms with Crippen LogP contribution in [0.4, 0.5) is 11.4 Å². The van der Waals surface area contributed by atoms with Crippen LogP contribution in [0, 0.1) is 6.92 Å². The quantitative estimate of drug-likeness (QED) is 0.424. The molecule has 29 heavy (non-hydrogen) atoms. The number of hydrogen-bond donors (Lipinski definition) is 1. The third-order valence-corrected chi connectivity index (χ3v) is 6.64. The lowest BCUT2D eigenvalue weighted by Crippen LogP contribution is -2.22. The molecule has 0 aliphatic heterocycles. The molecule has 0 amide bonds. The lowest BCUT2D eigenvalue weighted by molar-refractivity contribution is 0.480. The molecule has 0 radical (unpaired) electrons. The van der Waals surface area contributed by atoms with Gasteiger partial charge in [0.15, 0.2) is 0 Å². The third-order valence-electron chi connectivity index (χ3n) is 4.99. The van der Waals surface area contributed by atoms with Crippen molar-refractivity contribution >= 4 is 30.6 Å². The van der Waals surface area contributed by atoms with E-state index in [1.807, 2.05) is 30.3 Å². The molecular formula is C26H24NOP. The zero-order valence-electron chi connectivity index (χ0n) is 16.4. The van der Waals surface area contributed by atoms with Gasteiger partial charge >= 0.3 is 0 Å². The topological polar surface area (TPSA) is 23.5 Å². The van der Waals surface area contributed by atoms with Crippen LogP contribution < -0.4 is 15.5 Å². The van der Waals surface area contributed by atoms with Gasteiger partial charge in [-0.15, -0.1) is 0 Å². The number of para-hydroxylation sites is 3. The van der Waals surface area contributed by atoms with Crippen LogP contribution in [-0.4, -0.2) is 5.11 Å². The summed E-state index contributed by atoms with van der Waals surface area (Å²) in [6.45, 7) is 2.92. The SMILES string of the molecule is Cc1cccc(CN(c2ccccc2)c2ccccc2)c1Pc1ccccc1O. The van der Waals surface area contributed by atoms with Crippen molar-refractivity contribution in [2.75, 3.05) is 4.90 Å². The maximum absolute atomic E-state index is 10.3. The minimum Gasteiger partial charge on any atom is -0.507 e. The van der Waals surface area contributed by atoms with E-state index in [-0.39, 0.29) is 0 Å². The summed E-state index contributed by atoms with van der Waals surface area (Å²) in [5.41, 5.74) is 4.86. The van der Waals surface area contributed by atoms with Crippen molar-refractivity contribution < 1.29 is 5.11 Å². The molecule has 0 aliphatic carbocycles. The molecule has 1 atom stereocenters. The highest BCUT2D eigenvalue weighted by molar-refractivity contribution is 7.56. The predicted octanol–water partition coefficient (Wildman–Crippen LogP) is 5.67. The van der Waals surface area contributed by atoms with E-state index in [2.05, 4.69) is 78.6 Å². The summed E-state index contributed by atoms with van der Waals surface area (Å²) in [7, 11) is 0.411. The van der Waals surface area contributed by atoms with Crippen molar-refractivity contribution in [3.8, 4) is 5.75 Å². The first kappa shape index (κ1) is 19.2. The molecule has 4 aromatic rings. The molecule has 0 heterocycles. The summed E-state index contributed by atoms with van der Waals surface area (Å²) >= 11 is 0. The Morgan fingerprint density at radius 1 is 0.690 bits per heavy atom. The molecule has 0 aromatic heterocycles. The number of benzene rings is 4. The summed E-state index contributed by atoms with van der Waals surface area (Å²) in [6, 6.07) is 35.1. The molecular weight excluding hydrogens is 373 g/mol. The van der Waals surface area contributed by atoms with Crippen LogP contribution in [-0.2, 0) is 6.54 Å². The lowest BCUT2D eigenvalue weighted by atomic mass is 10.1. The minimum absolute atomic E-state index is 0.364. The molecule has 2 nitrogen and oxygen atoms in total. The summed E-state index contributed by atoms with van der Waals surface area (Å²) in [5, 5.41) is 12.6. The molecule has 1 unspecified atom stereocenters. The van der Waals surface area contributed by atoms with Crippen LogP contribution in [0.25, 0.3) is 0 Å². The Morgan fingerprint density at radius 3 is 1.90 bits per heavy atom. The maximum atomic E-state index is 10.3. The van der Waals surface area contributed by atoms with Crippen molar-refractivity contribution in [3.05, 3.63) is 114 Å². The minimum atomic E-state index is 0.364. The van der Waals surface area contributed by atoms with Gasteiger partial charge in [0.25, 0.3) is 0 Å². The Balaban J connectivity index is 1.74. The molecule has 0 saturated carbocycles. The van der Waals surface area contributed by atoms with Gasteiger partial charge in [0.1, 0.15) is 5.75 Å². The Morgan fingerprint density at radius 2 is 1.28 bits per heavy atom. The zero-order chi connectivity index (χ0) is 20.1. The summed E-state index contributed by atoms with van der Waals surface area (Å²) < 4.78 is 0. The van der Waals surface area contributed by atoms with E-state index < -0.39 is 0 Å². The molecule has 0 fully saturated rings. The number of hydrogen-bond acceptors (Lipinski definition) is 2. The first-order chi connectivity index (χ1) is 14.2. The van der Waals surface area contributed by atoms with Gasteiger partial charge in [-0.2, -0.15) is 0 Å². The number of anilines is 2. The van der Waals surface area contributed by atoms with Crippen molar-refractivity contribution in [1.82, 2.24) is 0 Å². The van der Waals surface area contributed by atoms with Gasteiger partial charge in [-0.05, 0) is 53.7 Å². The van der Waals surface area contributed by atoms with Gasteiger partial charge < -0.3 is 10.0 Å². The van der Waals surface area contributed by atoms with E-state index in [9.17, 15) is 5.11 Å². The van der Waals surface area contributed by atoms with Gasteiger partial charge in [0.05, 0.1) is 0 Å². The molecule has 0 spiro atoms. The predicted molar refractivity (Wildman–Crippen MR) is 126 cm³/mol. The molecule has 0 bridgehead atoms. The fourth-order valence-electron chi connectivity index (χ4n) is 3.47. The van der Waals surface area contributed by atoms with E-state index in [1.54, 1.807) is 6.07 Å². The number of nitrogens with zero attached hydrogens (tertiary/aromatic N) is 1. The van der Waals surface area contributed by atoms with Crippen LogP contribution in [0.3, 0.4) is 0 Å². The third kappa shape index (κ3) is 4.50. The summed E-state index contributed by atoms with van der Waals surface area (Å²) in [5.74, 6) is 0.364. The first-order valence-electron chi connectivity index (χ1n) is 9.73. The first-order valence-corrected chi connectivity index (χ1v) is 10.7. The molecule has 3 heteroatoms. The molecule has 0 saturated heterocycles. The van der Waals surface area contributed by atoms with Crippen LogP contribution in [0.2, 0.25) is 0 Å². The zero-order valence-corrected chi connectivity index (χ0v) is 17.4. The molecule has 1 N–H and O–H groups in total. The van der Waals surface area contributed by atoms with E-state index in [1.165, 1.54) is 16.4 Å². The number of aryl methyl sites for hydroxylation is 1. The Kier molecular flexibility index (Phi) is 5.93. The van der Waals surface area contributed by atoms with Gasteiger partial charge in [0.2, 0.25) is 0 Å². The summed E-state index contributed by atoms with van der Waals surface area (Å²) in [6.07, 6.45) is 0. The Bertz CT molecular complexity index is 1040. The molecule has 0 aliphatic rings. The highest BCUT2D eigenvalue weighted by atomic mass is 31.1. The number of phenolic OH excluding ortho intramolecular Hbond substituents is 1. The monoisotopic (exact) mass is 397 g/mol. The van der Waals surface area contributed by atoms with Gasteiger partial charge in [-0.3, -0.25) is 0 Å². The van der Waals surface area contributed by atoms with Crippen LogP contribution >= 0.6 is 8.58 Å². The number of aromatic hydroxyl groups is 1. The summed E-state index contributed by atoms with van der Waals surface area (Å²) in [4.78, 5) is 2.34. The van der Waals surface area contributed by atoms with Crippen LogP contribution in [0.5, 0.6) is 5.75 Å². The fourth-order valence-corrected chi connectivity index (χ4v) is 4.73.